The Morgan fingerprint density at radius 3 is 1.50 bits per heavy atom. The molecule has 1 N–H and O–H groups in total. The summed E-state index contributed by atoms with van der Waals surface area (Å²) in [6, 6.07) is 0. The Labute approximate surface area is 92.3 Å². The molecule has 0 amide bonds. The molecular weight excluding hydrogens is 171 g/mol. The van der Waals surface area contributed by atoms with Gasteiger partial charge in [-0.05, 0) is 0 Å². The Bertz CT molecular complexity index is 63.3. The summed E-state index contributed by atoms with van der Waals surface area (Å²) in [5.41, 5.74) is 0. The molecule has 0 saturated carbocycles. The molecule has 0 aromatic rings. The van der Waals surface area contributed by atoms with Crippen LogP contribution in [0.25, 0.3) is 0 Å². The van der Waals surface area contributed by atoms with E-state index < -0.39 is 11.0 Å². The quantitative estimate of drug-likeness (QED) is 0.182. The van der Waals surface area contributed by atoms with Gasteiger partial charge in [0.2, 0.25) is 0 Å². The van der Waals surface area contributed by atoms with Gasteiger partial charge in [0.1, 0.15) is 0 Å². The summed E-state index contributed by atoms with van der Waals surface area (Å²) in [7, 11) is -2.86. The van der Waals surface area contributed by atoms with Gasteiger partial charge in [0.15, 0.2) is 0 Å². The smallest absolute Gasteiger partial charge is 1.00 e. The van der Waals surface area contributed by atoms with Crippen LogP contribution in [0.4, 0.5) is 0 Å². The van der Waals surface area contributed by atoms with E-state index in [1.165, 1.54) is 0 Å². The van der Waals surface area contributed by atoms with Crippen LogP contribution in [-0.2, 0) is 36.8 Å². The fourth-order valence-corrected chi connectivity index (χ4v) is 0. The molecule has 0 bridgehead atoms. The van der Waals surface area contributed by atoms with Crippen LogP contribution in [0.15, 0.2) is 0 Å². The normalized spacial score (nSPS) is 5.67. The molecular formula is H2CrKO3S-. The van der Waals surface area contributed by atoms with Crippen LogP contribution in [0.5, 0.6) is 0 Å². The number of hydrogen-bond donors (Lipinski definition) is 1. The number of rotatable bonds is 0. The van der Waals surface area contributed by atoms with Crippen molar-refractivity contribution in [2.45, 2.75) is 0 Å². The van der Waals surface area contributed by atoms with Crippen LogP contribution in [0, 0.1) is 0 Å². The van der Waals surface area contributed by atoms with Crippen LogP contribution in [0.1, 0.15) is 1.43 Å². The van der Waals surface area contributed by atoms with Gasteiger partial charge in [-0.1, -0.05) is 0 Å². The molecule has 0 aliphatic heterocycles. The average molecular weight is 173 g/mol. The van der Waals surface area contributed by atoms with Crippen molar-refractivity contribution in [1.29, 1.82) is 0 Å². The molecule has 0 spiro atoms. The molecule has 0 radical (unpaired) electrons. The van der Waals surface area contributed by atoms with Crippen LogP contribution in [-0.4, -0.2) is 4.55 Å². The second-order valence-corrected chi connectivity index (χ2v) is 0.651. The maximum atomic E-state index is 8.56. The minimum Gasteiger partial charge on any atom is -1.00 e. The van der Waals surface area contributed by atoms with E-state index in [9.17, 15) is 0 Å². The van der Waals surface area contributed by atoms with Crippen molar-refractivity contribution in [3.63, 3.8) is 0 Å². The van der Waals surface area contributed by atoms with Gasteiger partial charge in [-0.15, -0.1) is 0 Å². The Balaban J connectivity index is -0.0000000150. The molecule has 34 valence electrons. The van der Waals surface area contributed by atoms with Crippen molar-refractivity contribution in [3.8, 4) is 0 Å². The molecule has 0 aliphatic rings. The maximum Gasteiger partial charge on any atom is 1.00 e. The van der Waals surface area contributed by atoms with Gasteiger partial charge in [-0.3, -0.25) is 0 Å². The average Bonchev–Trinajstić information content (AvgIpc) is 0.811. The monoisotopic (exact) mass is 173 g/mol. The third kappa shape index (κ3) is 36.3. The van der Waals surface area contributed by atoms with Crippen LogP contribution in [0.3, 0.4) is 0 Å². The van der Waals surface area contributed by atoms with E-state index in [-0.39, 0.29) is 70.2 Å². The fraction of sp³-hybridized carbons (Fsp3) is 0. The molecule has 0 aromatic carbocycles. The zero-order valence-corrected chi connectivity index (χ0v) is 8.29. The standard InChI is InChI=1S/Cr.K.HO3S.H/c;;1-4(2)3;/h;;(H,1,2,3);/q;+1;2*-1. The summed E-state index contributed by atoms with van der Waals surface area (Å²) in [6.07, 6.45) is 0. The molecule has 3 nitrogen and oxygen atoms in total. The Kier molecular flexibility index (Phi) is 26.5. The summed E-state index contributed by atoms with van der Waals surface area (Å²) in [5, 5.41) is 0. The third-order valence-electron chi connectivity index (χ3n) is 0. The molecule has 0 unspecified atom stereocenters. The number of hydrogen-bond acceptors (Lipinski definition) is 3. The van der Waals surface area contributed by atoms with E-state index in [0.29, 0.717) is 0 Å². The summed E-state index contributed by atoms with van der Waals surface area (Å²) in [6.45, 7) is 0. The molecule has 0 rings (SSSR count). The topological polar surface area (TPSA) is 54.4 Å². The van der Waals surface area contributed by atoms with Crippen molar-refractivity contribution < 1.29 is 83.1 Å². The van der Waals surface area contributed by atoms with Gasteiger partial charge in [0, 0.05) is 28.3 Å². The summed E-state index contributed by atoms with van der Waals surface area (Å²) in [4.78, 5) is 0. The van der Waals surface area contributed by atoms with Gasteiger partial charge in [-0.25, -0.2) is 0 Å². The molecule has 0 fully saturated rings. The van der Waals surface area contributed by atoms with Crippen LogP contribution >= 0.6 is 0 Å². The molecule has 0 heterocycles. The van der Waals surface area contributed by atoms with Crippen molar-refractivity contribution in [3.05, 3.63) is 0 Å². The molecule has 0 saturated heterocycles. The molecule has 6 heteroatoms. The fourth-order valence-electron chi connectivity index (χ4n) is 0. The molecule has 6 heavy (non-hydrogen) atoms. The van der Waals surface area contributed by atoms with E-state index in [2.05, 4.69) is 0 Å². The summed E-state index contributed by atoms with van der Waals surface area (Å²) in [5.74, 6) is 0. The second-order valence-electron chi connectivity index (χ2n) is 0.217. The maximum absolute atomic E-state index is 8.56. The van der Waals surface area contributed by atoms with Crippen LogP contribution < -0.4 is 51.4 Å². The van der Waals surface area contributed by atoms with Crippen molar-refractivity contribution >= 4 is 11.0 Å². The molecule has 0 aromatic heterocycles. The minimum absolute atomic E-state index is 0. The first-order valence-corrected chi connectivity index (χ1v) is 1.55. The second kappa shape index (κ2) is 10.1. The molecule has 0 atom stereocenters. The van der Waals surface area contributed by atoms with E-state index in [0.717, 1.165) is 0 Å². The predicted octanol–water partition coefficient (Wildman–Crippen LogP) is -3.12. The SMILES string of the molecule is O=[S-](=O)O.[Cr].[H-].[K+]. The van der Waals surface area contributed by atoms with Gasteiger partial charge in [0.05, 0.1) is 0 Å². The van der Waals surface area contributed by atoms with Crippen molar-refractivity contribution in [2.75, 3.05) is 0 Å². The van der Waals surface area contributed by atoms with E-state index in [1.54, 1.807) is 0 Å². The first-order valence-electron chi connectivity index (χ1n) is 0.516. The Hall–Kier alpha value is 2.08. The van der Waals surface area contributed by atoms with Crippen molar-refractivity contribution in [1.82, 2.24) is 0 Å². The van der Waals surface area contributed by atoms with Gasteiger partial charge >= 0.3 is 51.4 Å². The van der Waals surface area contributed by atoms with Gasteiger partial charge in [-0.2, -0.15) is 0 Å². The zero-order valence-electron chi connectivity index (χ0n) is 4.08. The first-order chi connectivity index (χ1) is 1.73. The van der Waals surface area contributed by atoms with E-state index in [4.69, 9.17) is 13.0 Å². The van der Waals surface area contributed by atoms with E-state index in [1.807, 2.05) is 0 Å². The summed E-state index contributed by atoms with van der Waals surface area (Å²) < 4.78 is 24.1. The van der Waals surface area contributed by atoms with Crippen molar-refractivity contribution in [2.24, 2.45) is 0 Å². The van der Waals surface area contributed by atoms with E-state index >= 15 is 0 Å². The molecule has 0 aliphatic carbocycles. The predicted molar refractivity (Wildman–Crippen MR) is 12.5 cm³/mol. The largest absolute Gasteiger partial charge is 1.00 e. The van der Waals surface area contributed by atoms with Gasteiger partial charge < -0.3 is 14.4 Å². The summed E-state index contributed by atoms with van der Waals surface area (Å²) >= 11 is 0. The third-order valence-corrected chi connectivity index (χ3v) is 0. The minimum atomic E-state index is -2.86. The Morgan fingerprint density at radius 2 is 1.50 bits per heavy atom. The Morgan fingerprint density at radius 1 is 1.50 bits per heavy atom. The zero-order chi connectivity index (χ0) is 3.58. The van der Waals surface area contributed by atoms with Gasteiger partial charge in [0.25, 0.3) is 0 Å². The first kappa shape index (κ1) is 15.7. The van der Waals surface area contributed by atoms with Crippen LogP contribution in [0.2, 0.25) is 0 Å².